The highest BCUT2D eigenvalue weighted by Crippen LogP contribution is 2.27. The summed E-state index contributed by atoms with van der Waals surface area (Å²) < 4.78 is 12.8. The van der Waals surface area contributed by atoms with Crippen molar-refractivity contribution in [1.82, 2.24) is 20.0 Å². The zero-order valence-corrected chi connectivity index (χ0v) is 13.1. The molecule has 0 unspecified atom stereocenters. The largest absolute Gasteiger partial charge is 0.484 e. The van der Waals surface area contributed by atoms with Gasteiger partial charge >= 0.3 is 0 Å². The van der Waals surface area contributed by atoms with E-state index in [-0.39, 0.29) is 0 Å². The molecule has 0 aliphatic carbocycles. The van der Waals surface area contributed by atoms with Gasteiger partial charge in [-0.15, -0.1) is 5.10 Å². The molecule has 0 atom stereocenters. The summed E-state index contributed by atoms with van der Waals surface area (Å²) in [5.41, 5.74) is 2.04. The second kappa shape index (κ2) is 6.57. The molecule has 1 aliphatic heterocycles. The third-order valence-electron chi connectivity index (χ3n) is 3.64. The number of hydrogen-bond acceptors (Lipinski definition) is 6. The molecule has 1 aliphatic rings. The second-order valence-electron chi connectivity index (χ2n) is 5.44. The fourth-order valence-corrected chi connectivity index (χ4v) is 2.48. The summed E-state index contributed by atoms with van der Waals surface area (Å²) >= 11 is 0. The van der Waals surface area contributed by atoms with Crippen molar-refractivity contribution in [3.8, 4) is 11.6 Å². The Labute approximate surface area is 139 Å². The van der Waals surface area contributed by atoms with Gasteiger partial charge in [-0.2, -0.15) is 0 Å². The van der Waals surface area contributed by atoms with Gasteiger partial charge in [-0.3, -0.25) is 0 Å². The van der Waals surface area contributed by atoms with Crippen LogP contribution < -0.4 is 14.8 Å². The molecule has 122 valence electrons. The molecule has 3 aromatic rings. The van der Waals surface area contributed by atoms with Gasteiger partial charge in [0, 0.05) is 0 Å². The summed E-state index contributed by atoms with van der Waals surface area (Å²) in [5, 5.41) is 11.5. The molecule has 0 saturated carbocycles. The molecule has 1 aromatic carbocycles. The predicted molar refractivity (Wildman–Crippen MR) is 88.1 cm³/mol. The zero-order valence-electron chi connectivity index (χ0n) is 13.1. The minimum atomic E-state index is 0.532. The molecule has 3 heterocycles. The first-order chi connectivity index (χ1) is 11.9. The maximum atomic E-state index is 5.49. The van der Waals surface area contributed by atoms with Crippen molar-refractivity contribution in [2.75, 3.05) is 18.5 Å². The van der Waals surface area contributed by atoms with Crippen molar-refractivity contribution in [3.63, 3.8) is 0 Å². The van der Waals surface area contributed by atoms with Gasteiger partial charge in [0.15, 0.2) is 11.6 Å². The molecule has 0 radical (unpaired) electrons. The number of nitrogens with zero attached hydrogens (tertiary/aromatic N) is 4. The quantitative estimate of drug-likeness (QED) is 0.775. The van der Waals surface area contributed by atoms with Crippen LogP contribution in [0, 0.1) is 0 Å². The van der Waals surface area contributed by atoms with Crippen LogP contribution in [0.1, 0.15) is 11.3 Å². The Hall–Kier alpha value is -3.09. The first-order valence-electron chi connectivity index (χ1n) is 7.80. The molecule has 1 N–H and O–H groups in total. The number of anilines is 1. The summed E-state index contributed by atoms with van der Waals surface area (Å²) in [4.78, 5) is 4.44. The minimum Gasteiger partial charge on any atom is -0.484 e. The van der Waals surface area contributed by atoms with Crippen molar-refractivity contribution >= 4 is 5.82 Å². The molecule has 7 heteroatoms. The van der Waals surface area contributed by atoms with E-state index in [1.165, 1.54) is 5.56 Å². The van der Waals surface area contributed by atoms with Crippen molar-refractivity contribution in [3.05, 3.63) is 59.9 Å². The van der Waals surface area contributed by atoms with Crippen LogP contribution in [0.15, 0.2) is 48.7 Å². The Kier molecular flexibility index (Phi) is 3.97. The zero-order chi connectivity index (χ0) is 16.2. The number of ether oxygens (including phenoxy) is 2. The van der Waals surface area contributed by atoms with E-state index < -0.39 is 0 Å². The van der Waals surface area contributed by atoms with Crippen LogP contribution in [0.4, 0.5) is 5.82 Å². The Bertz CT molecular complexity index is 819. The number of pyridine rings is 1. The van der Waals surface area contributed by atoms with Gasteiger partial charge in [0.25, 0.3) is 5.88 Å². The highest BCUT2D eigenvalue weighted by atomic mass is 16.6. The highest BCUT2D eigenvalue weighted by Gasteiger charge is 2.13. The number of rotatable bonds is 5. The van der Waals surface area contributed by atoms with Crippen LogP contribution in [0.3, 0.4) is 0 Å². The molecule has 4 rings (SSSR count). The monoisotopic (exact) mass is 323 g/mol. The average molecular weight is 323 g/mol. The predicted octanol–water partition coefficient (Wildman–Crippen LogP) is 2.10. The van der Waals surface area contributed by atoms with Gasteiger partial charge in [-0.1, -0.05) is 35.5 Å². The van der Waals surface area contributed by atoms with Crippen molar-refractivity contribution in [2.45, 2.75) is 13.1 Å². The summed E-state index contributed by atoms with van der Waals surface area (Å²) in [7, 11) is 0. The lowest BCUT2D eigenvalue weighted by molar-refractivity contribution is 0.164. The highest BCUT2D eigenvalue weighted by molar-refractivity contribution is 5.37. The molecule has 0 saturated heterocycles. The van der Waals surface area contributed by atoms with Gasteiger partial charge in [0.2, 0.25) is 0 Å². The van der Waals surface area contributed by atoms with Gasteiger partial charge in [0.1, 0.15) is 13.2 Å². The maximum Gasteiger partial charge on any atom is 0.257 e. The van der Waals surface area contributed by atoms with Crippen molar-refractivity contribution in [2.24, 2.45) is 0 Å². The van der Waals surface area contributed by atoms with Gasteiger partial charge < -0.3 is 14.8 Å². The summed E-state index contributed by atoms with van der Waals surface area (Å²) in [6.07, 6.45) is 1.88. The number of aromatic nitrogens is 4. The third-order valence-corrected chi connectivity index (χ3v) is 3.64. The normalized spacial score (nSPS) is 12.8. The molecular weight excluding hydrogens is 306 g/mol. The molecule has 24 heavy (non-hydrogen) atoms. The van der Waals surface area contributed by atoms with Crippen molar-refractivity contribution < 1.29 is 9.47 Å². The van der Waals surface area contributed by atoms with Crippen LogP contribution in [0.25, 0.3) is 0 Å². The van der Waals surface area contributed by atoms with E-state index in [2.05, 4.69) is 32.7 Å². The fraction of sp³-hybridized carbons (Fsp3) is 0.235. The topological polar surface area (TPSA) is 74.1 Å². The maximum absolute atomic E-state index is 5.49. The summed E-state index contributed by atoms with van der Waals surface area (Å²) in [5.74, 6) is 1.95. The van der Waals surface area contributed by atoms with E-state index in [1.807, 2.05) is 36.5 Å². The Morgan fingerprint density at radius 3 is 2.83 bits per heavy atom. The lowest BCUT2D eigenvalue weighted by Gasteiger charge is -2.17. The second-order valence-corrected chi connectivity index (χ2v) is 5.44. The first kappa shape index (κ1) is 14.5. The number of benzene rings is 1. The van der Waals surface area contributed by atoms with Gasteiger partial charge in [-0.05, 0) is 17.7 Å². The first-order valence-corrected chi connectivity index (χ1v) is 7.80. The van der Waals surface area contributed by atoms with Gasteiger partial charge in [0.05, 0.1) is 25.0 Å². The Morgan fingerprint density at radius 2 is 1.92 bits per heavy atom. The SMILES string of the molecule is c1ccc(Cn2cc(NCc3ccc4c(n3)OCCO4)nn2)cc1. The lowest BCUT2D eigenvalue weighted by Crippen LogP contribution is -2.17. The number of hydrogen-bond donors (Lipinski definition) is 1. The molecule has 0 bridgehead atoms. The van der Waals surface area contributed by atoms with Crippen LogP contribution >= 0.6 is 0 Å². The summed E-state index contributed by atoms with van der Waals surface area (Å²) in [6.45, 7) is 2.33. The minimum absolute atomic E-state index is 0.532. The average Bonchev–Trinajstić information content (AvgIpc) is 3.08. The van der Waals surface area contributed by atoms with Crippen LogP contribution in [0.5, 0.6) is 11.6 Å². The summed E-state index contributed by atoms with van der Waals surface area (Å²) in [6, 6.07) is 13.9. The van der Waals surface area contributed by atoms with Crippen LogP contribution in [-0.4, -0.2) is 33.2 Å². The smallest absolute Gasteiger partial charge is 0.257 e. The standard InChI is InChI=1S/C17H17N5O2/c1-2-4-13(5-3-1)11-22-12-16(20-21-22)18-10-14-6-7-15-17(19-14)24-9-8-23-15/h1-7,12,18H,8-11H2. The van der Waals surface area contributed by atoms with E-state index in [0.29, 0.717) is 43.8 Å². The Balaban J connectivity index is 1.38. The Morgan fingerprint density at radius 1 is 1.04 bits per heavy atom. The molecule has 7 nitrogen and oxygen atoms in total. The van der Waals surface area contributed by atoms with Crippen LogP contribution in [-0.2, 0) is 13.1 Å². The van der Waals surface area contributed by atoms with E-state index >= 15 is 0 Å². The van der Waals surface area contributed by atoms with E-state index in [9.17, 15) is 0 Å². The molecule has 2 aromatic heterocycles. The molecule has 0 spiro atoms. The van der Waals surface area contributed by atoms with Crippen molar-refractivity contribution in [1.29, 1.82) is 0 Å². The van der Waals surface area contributed by atoms with Gasteiger partial charge in [-0.25, -0.2) is 9.67 Å². The molecule has 0 amide bonds. The third kappa shape index (κ3) is 3.29. The molecule has 0 fully saturated rings. The fourth-order valence-electron chi connectivity index (χ4n) is 2.48. The van der Waals surface area contributed by atoms with Crippen LogP contribution in [0.2, 0.25) is 0 Å². The van der Waals surface area contributed by atoms with E-state index in [4.69, 9.17) is 9.47 Å². The lowest BCUT2D eigenvalue weighted by atomic mass is 10.2. The number of nitrogens with one attached hydrogen (secondary N) is 1. The number of fused-ring (bicyclic) bond motifs is 1. The van der Waals surface area contributed by atoms with E-state index in [1.54, 1.807) is 4.68 Å². The van der Waals surface area contributed by atoms with E-state index in [0.717, 1.165) is 5.69 Å². The molecular formula is C17H17N5O2.